The van der Waals surface area contributed by atoms with E-state index in [1.54, 1.807) is 0 Å². The number of hydrogen-bond donors (Lipinski definition) is 2. The number of hydrogen-bond acceptors (Lipinski definition) is 3. The number of amides is 2. The lowest BCUT2D eigenvalue weighted by molar-refractivity contribution is -0.130. The van der Waals surface area contributed by atoms with E-state index in [0.29, 0.717) is 25.4 Å². The molecule has 2 rings (SSSR count). The number of carbonyl (C=O) groups is 2. The van der Waals surface area contributed by atoms with Gasteiger partial charge in [-0.25, -0.2) is 0 Å². The summed E-state index contributed by atoms with van der Waals surface area (Å²) >= 11 is 0. The molecule has 2 amide bonds. The number of rotatable bonds is 6. The molecule has 0 aromatic rings. The fourth-order valence-electron chi connectivity index (χ4n) is 3.59. The highest BCUT2D eigenvalue weighted by atomic mass is 16.2. The van der Waals surface area contributed by atoms with Gasteiger partial charge in [0.05, 0.1) is 0 Å². The Morgan fingerprint density at radius 3 is 2.62 bits per heavy atom. The van der Waals surface area contributed by atoms with Gasteiger partial charge in [-0.15, -0.1) is 0 Å². The molecular weight excluding hydrogens is 266 g/mol. The Labute approximate surface area is 127 Å². The first kappa shape index (κ1) is 16.3. The number of nitrogens with one attached hydrogen (secondary N) is 1. The molecule has 2 aliphatic rings. The van der Waals surface area contributed by atoms with Crippen molar-refractivity contribution in [2.24, 2.45) is 17.6 Å². The monoisotopic (exact) mass is 295 g/mol. The first-order chi connectivity index (χ1) is 10.2. The molecular formula is C16H29N3O2. The van der Waals surface area contributed by atoms with Crippen LogP contribution in [-0.2, 0) is 9.59 Å². The van der Waals surface area contributed by atoms with Crippen molar-refractivity contribution in [3.05, 3.63) is 0 Å². The third-order valence-electron chi connectivity index (χ3n) is 4.83. The van der Waals surface area contributed by atoms with E-state index in [2.05, 4.69) is 5.32 Å². The average molecular weight is 295 g/mol. The molecule has 1 saturated carbocycles. The van der Waals surface area contributed by atoms with Gasteiger partial charge >= 0.3 is 0 Å². The molecule has 0 aromatic carbocycles. The third-order valence-corrected chi connectivity index (χ3v) is 4.83. The summed E-state index contributed by atoms with van der Waals surface area (Å²) in [5.41, 5.74) is 5.61. The minimum Gasteiger partial charge on any atom is -0.355 e. The zero-order valence-electron chi connectivity index (χ0n) is 13.0. The summed E-state index contributed by atoms with van der Waals surface area (Å²) in [6.45, 7) is 2.96. The summed E-state index contributed by atoms with van der Waals surface area (Å²) in [5.74, 6) is 1.03. The standard InChI is InChI=1S/C16H29N3O2/c17-8-6-13-4-3-5-14(12-13)16(21)18-9-7-15(20)19-10-1-2-11-19/h13-14H,1-12,17H2,(H,18,21). The quantitative estimate of drug-likeness (QED) is 0.775. The fourth-order valence-corrected chi connectivity index (χ4v) is 3.59. The number of nitrogens with two attached hydrogens (primary N) is 1. The Balaban J connectivity index is 1.65. The van der Waals surface area contributed by atoms with Crippen molar-refractivity contribution in [1.29, 1.82) is 0 Å². The maximum atomic E-state index is 12.2. The van der Waals surface area contributed by atoms with Crippen LogP contribution in [0.25, 0.3) is 0 Å². The average Bonchev–Trinajstić information content (AvgIpc) is 3.02. The second-order valence-electron chi connectivity index (χ2n) is 6.44. The molecule has 2 atom stereocenters. The van der Waals surface area contributed by atoms with Crippen molar-refractivity contribution in [2.75, 3.05) is 26.2 Å². The van der Waals surface area contributed by atoms with E-state index in [0.717, 1.165) is 51.6 Å². The minimum absolute atomic E-state index is 0.122. The van der Waals surface area contributed by atoms with Gasteiger partial charge in [-0.2, -0.15) is 0 Å². The van der Waals surface area contributed by atoms with Crippen LogP contribution in [0.4, 0.5) is 0 Å². The summed E-state index contributed by atoms with van der Waals surface area (Å²) in [6, 6.07) is 0. The van der Waals surface area contributed by atoms with Gasteiger partial charge in [0.25, 0.3) is 0 Å². The van der Waals surface area contributed by atoms with E-state index in [-0.39, 0.29) is 17.7 Å². The van der Waals surface area contributed by atoms with E-state index in [4.69, 9.17) is 5.73 Å². The predicted octanol–water partition coefficient (Wildman–Crippen LogP) is 1.27. The van der Waals surface area contributed by atoms with Crippen molar-refractivity contribution >= 4 is 11.8 Å². The number of nitrogens with zero attached hydrogens (tertiary/aromatic N) is 1. The van der Waals surface area contributed by atoms with E-state index in [1.165, 1.54) is 6.42 Å². The van der Waals surface area contributed by atoms with Gasteiger partial charge in [0.15, 0.2) is 0 Å². The topological polar surface area (TPSA) is 75.4 Å². The maximum Gasteiger partial charge on any atom is 0.224 e. The summed E-state index contributed by atoms with van der Waals surface area (Å²) in [5, 5.41) is 2.95. The fraction of sp³-hybridized carbons (Fsp3) is 0.875. The Morgan fingerprint density at radius 1 is 1.14 bits per heavy atom. The second kappa shape index (κ2) is 8.37. The van der Waals surface area contributed by atoms with Crippen molar-refractivity contribution in [3.8, 4) is 0 Å². The van der Waals surface area contributed by atoms with Crippen LogP contribution in [0.1, 0.15) is 51.4 Å². The molecule has 1 saturated heterocycles. The zero-order valence-corrected chi connectivity index (χ0v) is 13.0. The smallest absolute Gasteiger partial charge is 0.224 e. The summed E-state index contributed by atoms with van der Waals surface area (Å²) in [7, 11) is 0. The van der Waals surface area contributed by atoms with Crippen LogP contribution in [0.15, 0.2) is 0 Å². The van der Waals surface area contributed by atoms with Gasteiger partial charge in [-0.1, -0.05) is 12.8 Å². The van der Waals surface area contributed by atoms with Gasteiger partial charge < -0.3 is 16.0 Å². The molecule has 0 radical (unpaired) electrons. The molecule has 1 heterocycles. The van der Waals surface area contributed by atoms with Crippen molar-refractivity contribution in [2.45, 2.75) is 51.4 Å². The highest BCUT2D eigenvalue weighted by Gasteiger charge is 2.26. The van der Waals surface area contributed by atoms with Crippen molar-refractivity contribution < 1.29 is 9.59 Å². The van der Waals surface area contributed by atoms with Crippen LogP contribution in [-0.4, -0.2) is 42.9 Å². The molecule has 0 aromatic heterocycles. The first-order valence-electron chi connectivity index (χ1n) is 8.46. The minimum atomic E-state index is 0.122. The van der Waals surface area contributed by atoms with Gasteiger partial charge in [0.2, 0.25) is 11.8 Å². The molecule has 3 N–H and O–H groups in total. The Hall–Kier alpha value is -1.10. The van der Waals surface area contributed by atoms with Crippen LogP contribution in [0.3, 0.4) is 0 Å². The third kappa shape index (κ3) is 4.99. The molecule has 120 valence electrons. The van der Waals surface area contributed by atoms with Crippen LogP contribution in [0, 0.1) is 11.8 Å². The Kier molecular flexibility index (Phi) is 6.49. The van der Waals surface area contributed by atoms with E-state index in [9.17, 15) is 9.59 Å². The molecule has 1 aliphatic carbocycles. The molecule has 21 heavy (non-hydrogen) atoms. The SMILES string of the molecule is NCCC1CCCC(C(=O)NCCC(=O)N2CCCC2)C1. The number of likely N-dealkylation sites (tertiary alicyclic amines) is 1. The lowest BCUT2D eigenvalue weighted by Crippen LogP contribution is -2.37. The second-order valence-corrected chi connectivity index (χ2v) is 6.44. The van der Waals surface area contributed by atoms with E-state index in [1.807, 2.05) is 4.90 Å². The van der Waals surface area contributed by atoms with Crippen LogP contribution in [0.5, 0.6) is 0 Å². The molecule has 1 aliphatic heterocycles. The summed E-state index contributed by atoms with van der Waals surface area (Å²) in [6.07, 6.45) is 7.95. The molecule has 0 spiro atoms. The molecule has 5 nitrogen and oxygen atoms in total. The first-order valence-corrected chi connectivity index (χ1v) is 8.46. The lowest BCUT2D eigenvalue weighted by atomic mass is 9.79. The summed E-state index contributed by atoms with van der Waals surface area (Å²) in [4.78, 5) is 26.0. The highest BCUT2D eigenvalue weighted by Crippen LogP contribution is 2.30. The number of carbonyl (C=O) groups excluding carboxylic acids is 2. The van der Waals surface area contributed by atoms with Crippen molar-refractivity contribution in [1.82, 2.24) is 10.2 Å². The molecule has 2 fully saturated rings. The molecule has 5 heteroatoms. The lowest BCUT2D eigenvalue weighted by Gasteiger charge is -2.28. The van der Waals surface area contributed by atoms with Gasteiger partial charge in [0.1, 0.15) is 0 Å². The maximum absolute atomic E-state index is 12.2. The van der Waals surface area contributed by atoms with Gasteiger partial charge in [0, 0.05) is 32.0 Å². The van der Waals surface area contributed by atoms with Crippen LogP contribution in [0.2, 0.25) is 0 Å². The molecule has 2 unspecified atom stereocenters. The highest BCUT2D eigenvalue weighted by molar-refractivity contribution is 5.80. The summed E-state index contributed by atoms with van der Waals surface area (Å²) < 4.78 is 0. The van der Waals surface area contributed by atoms with E-state index < -0.39 is 0 Å². The van der Waals surface area contributed by atoms with Crippen molar-refractivity contribution in [3.63, 3.8) is 0 Å². The van der Waals surface area contributed by atoms with Crippen LogP contribution >= 0.6 is 0 Å². The molecule has 0 bridgehead atoms. The predicted molar refractivity (Wildman–Crippen MR) is 82.6 cm³/mol. The van der Waals surface area contributed by atoms with Gasteiger partial charge in [-0.05, 0) is 44.6 Å². The largest absolute Gasteiger partial charge is 0.355 e. The Morgan fingerprint density at radius 2 is 1.90 bits per heavy atom. The Bertz CT molecular complexity index is 351. The van der Waals surface area contributed by atoms with E-state index >= 15 is 0 Å². The zero-order chi connectivity index (χ0) is 15.1. The normalized spacial score (nSPS) is 25.9. The van der Waals surface area contributed by atoms with Gasteiger partial charge in [-0.3, -0.25) is 9.59 Å². The van der Waals surface area contributed by atoms with Crippen LogP contribution < -0.4 is 11.1 Å².